The molecule has 0 aromatic rings. The third kappa shape index (κ3) is 5.75. The highest BCUT2D eigenvalue weighted by Crippen LogP contribution is 2.52. The molecule has 3 rings (SSSR count). The van der Waals surface area contributed by atoms with Crippen LogP contribution >= 0.6 is 0 Å². The second kappa shape index (κ2) is 10.9. The Labute approximate surface area is 208 Å². The maximum absolute atomic E-state index is 13.1. The number of hydrogen-bond acceptors (Lipinski definition) is 10. The fraction of sp³-hybridized carbons (Fsp3) is 0.500. The van der Waals surface area contributed by atoms with Gasteiger partial charge in [-0.25, -0.2) is 9.59 Å². The molecule has 1 heterocycles. The van der Waals surface area contributed by atoms with Gasteiger partial charge in [0.2, 0.25) is 0 Å². The van der Waals surface area contributed by atoms with Crippen LogP contribution in [0.4, 0.5) is 0 Å². The van der Waals surface area contributed by atoms with Crippen LogP contribution in [0.3, 0.4) is 0 Å². The Morgan fingerprint density at radius 3 is 2.31 bits per heavy atom. The van der Waals surface area contributed by atoms with Gasteiger partial charge < -0.3 is 23.7 Å². The maximum atomic E-state index is 13.1. The van der Waals surface area contributed by atoms with E-state index in [0.717, 1.165) is 5.57 Å². The van der Waals surface area contributed by atoms with Crippen molar-refractivity contribution < 1.29 is 47.7 Å². The minimum absolute atomic E-state index is 0.0336. The van der Waals surface area contributed by atoms with Crippen molar-refractivity contribution in [2.75, 3.05) is 13.2 Å². The van der Waals surface area contributed by atoms with Crippen LogP contribution < -0.4 is 0 Å². The molecule has 6 unspecified atom stereocenters. The van der Waals surface area contributed by atoms with Gasteiger partial charge in [-0.1, -0.05) is 18.7 Å². The Morgan fingerprint density at radius 2 is 1.69 bits per heavy atom. The summed E-state index contributed by atoms with van der Waals surface area (Å²) in [5.41, 5.74) is 1.60. The molecular formula is C26H30O10. The van der Waals surface area contributed by atoms with E-state index in [2.05, 4.69) is 13.2 Å². The van der Waals surface area contributed by atoms with E-state index in [9.17, 15) is 24.0 Å². The molecule has 0 spiro atoms. The minimum atomic E-state index is -0.915. The van der Waals surface area contributed by atoms with E-state index >= 15 is 0 Å². The van der Waals surface area contributed by atoms with E-state index in [-0.39, 0.29) is 36.2 Å². The molecule has 0 aromatic heterocycles. The number of allylic oxidation sites excluding steroid dienone is 1. The lowest BCUT2D eigenvalue weighted by molar-refractivity contribution is -0.149. The Balaban J connectivity index is 1.91. The van der Waals surface area contributed by atoms with Crippen molar-refractivity contribution in [1.29, 1.82) is 0 Å². The minimum Gasteiger partial charge on any atom is -0.462 e. The summed E-state index contributed by atoms with van der Waals surface area (Å²) >= 11 is 0. The zero-order valence-corrected chi connectivity index (χ0v) is 20.7. The second-order valence-corrected chi connectivity index (χ2v) is 9.05. The predicted molar refractivity (Wildman–Crippen MR) is 124 cm³/mol. The lowest BCUT2D eigenvalue weighted by atomic mass is 9.80. The Bertz CT molecular complexity index is 1060. The predicted octanol–water partition coefficient (Wildman–Crippen LogP) is 2.13. The van der Waals surface area contributed by atoms with E-state index in [1.165, 1.54) is 26.8 Å². The summed E-state index contributed by atoms with van der Waals surface area (Å²) in [6.07, 6.45) is 1.33. The number of carbonyl (C=O) groups excluding carboxylic acids is 5. The first kappa shape index (κ1) is 26.9. The average Bonchev–Trinajstić information content (AvgIpc) is 3.21. The van der Waals surface area contributed by atoms with Crippen molar-refractivity contribution in [3.63, 3.8) is 0 Å². The molecule has 194 valence electrons. The van der Waals surface area contributed by atoms with E-state index in [4.69, 9.17) is 23.7 Å². The quantitative estimate of drug-likeness (QED) is 0.221. The third-order valence-corrected chi connectivity index (χ3v) is 6.59. The molecule has 1 saturated heterocycles. The number of fused-ring (bicyclic) bond motifs is 3. The van der Waals surface area contributed by atoms with Crippen molar-refractivity contribution in [1.82, 2.24) is 0 Å². The monoisotopic (exact) mass is 502 g/mol. The van der Waals surface area contributed by atoms with E-state index in [1.807, 2.05) is 6.92 Å². The van der Waals surface area contributed by atoms with E-state index < -0.39 is 54.1 Å². The summed E-state index contributed by atoms with van der Waals surface area (Å²) in [5.74, 6) is -4.23. The molecule has 36 heavy (non-hydrogen) atoms. The highest BCUT2D eigenvalue weighted by molar-refractivity contribution is 5.92. The van der Waals surface area contributed by atoms with Gasteiger partial charge in [0, 0.05) is 32.3 Å². The fourth-order valence-corrected chi connectivity index (χ4v) is 4.96. The van der Waals surface area contributed by atoms with Crippen molar-refractivity contribution in [2.45, 2.75) is 52.4 Å². The summed E-state index contributed by atoms with van der Waals surface area (Å²) < 4.78 is 26.7. The standard InChI is InChI=1S/C26H30O10/c1-12-9-21(35-26(31)18(11-33-16(5)28)7-8-32-15(4)27)23-14(3)25(30)36-24(23)22-13(2)20(10-19(12)22)34-17(6)29/h7,9,19-24H,2-3,8,10-11H2,1,4-6H3. The van der Waals surface area contributed by atoms with Crippen LogP contribution in [-0.2, 0) is 47.7 Å². The number of ether oxygens (including phenoxy) is 5. The van der Waals surface area contributed by atoms with Crippen molar-refractivity contribution in [3.8, 4) is 0 Å². The molecular weight excluding hydrogens is 472 g/mol. The average molecular weight is 503 g/mol. The molecule has 2 aliphatic carbocycles. The topological polar surface area (TPSA) is 132 Å². The Hall–Kier alpha value is -3.69. The highest BCUT2D eigenvalue weighted by Gasteiger charge is 2.56. The van der Waals surface area contributed by atoms with Gasteiger partial charge in [0.05, 0.1) is 11.5 Å². The Kier molecular flexibility index (Phi) is 8.17. The molecule has 0 bridgehead atoms. The first-order valence-electron chi connectivity index (χ1n) is 11.5. The van der Waals surface area contributed by atoms with Crippen molar-refractivity contribution >= 4 is 29.8 Å². The molecule has 1 aliphatic heterocycles. The van der Waals surface area contributed by atoms with Gasteiger partial charge in [-0.2, -0.15) is 0 Å². The highest BCUT2D eigenvalue weighted by atomic mass is 16.6. The molecule has 10 heteroatoms. The molecule has 0 amide bonds. The van der Waals surface area contributed by atoms with Crippen LogP contribution in [0.25, 0.3) is 0 Å². The number of carbonyl (C=O) groups is 5. The van der Waals surface area contributed by atoms with E-state index in [1.54, 1.807) is 6.08 Å². The molecule has 0 radical (unpaired) electrons. The zero-order valence-electron chi connectivity index (χ0n) is 20.7. The maximum Gasteiger partial charge on any atom is 0.337 e. The molecule has 10 nitrogen and oxygen atoms in total. The first-order valence-corrected chi connectivity index (χ1v) is 11.5. The van der Waals surface area contributed by atoms with E-state index in [0.29, 0.717) is 12.0 Å². The van der Waals surface area contributed by atoms with Gasteiger partial charge in [-0.15, -0.1) is 0 Å². The SMILES string of the molecule is C=C1C(=O)OC2C1C(OC(=O)C(=CCOC(C)=O)COC(C)=O)C=C(C)C1CC(OC(C)=O)C(=C)C12. The lowest BCUT2D eigenvalue weighted by Crippen LogP contribution is -2.37. The summed E-state index contributed by atoms with van der Waals surface area (Å²) in [6, 6.07) is 0. The molecule has 1 saturated carbocycles. The number of rotatable bonds is 7. The van der Waals surface area contributed by atoms with Gasteiger partial charge in [0.1, 0.15) is 31.5 Å². The Morgan fingerprint density at radius 1 is 1.03 bits per heavy atom. The largest absolute Gasteiger partial charge is 0.462 e. The molecule has 6 atom stereocenters. The molecule has 3 aliphatic rings. The fourth-order valence-electron chi connectivity index (χ4n) is 4.96. The normalized spacial score (nSPS) is 29.3. The third-order valence-electron chi connectivity index (χ3n) is 6.59. The molecule has 0 N–H and O–H groups in total. The number of esters is 5. The second-order valence-electron chi connectivity index (χ2n) is 9.05. The molecule has 0 aromatic carbocycles. The smallest absolute Gasteiger partial charge is 0.337 e. The van der Waals surface area contributed by atoms with Gasteiger partial charge in [-0.3, -0.25) is 14.4 Å². The van der Waals surface area contributed by atoms with Crippen LogP contribution in [0.15, 0.2) is 47.6 Å². The first-order chi connectivity index (χ1) is 16.9. The number of hydrogen-bond donors (Lipinski definition) is 0. The van der Waals surface area contributed by atoms with Gasteiger partial charge in [-0.05, 0) is 37.0 Å². The zero-order chi connectivity index (χ0) is 26.7. The summed E-state index contributed by atoms with van der Waals surface area (Å²) in [7, 11) is 0. The van der Waals surface area contributed by atoms with Gasteiger partial charge in [0.25, 0.3) is 0 Å². The summed E-state index contributed by atoms with van der Waals surface area (Å²) in [4.78, 5) is 59.6. The van der Waals surface area contributed by atoms with Crippen molar-refractivity contribution in [3.05, 3.63) is 47.6 Å². The molecule has 2 fully saturated rings. The van der Waals surface area contributed by atoms with Crippen LogP contribution in [0.5, 0.6) is 0 Å². The van der Waals surface area contributed by atoms with Gasteiger partial charge in [0.15, 0.2) is 0 Å². The van der Waals surface area contributed by atoms with Crippen LogP contribution in [0, 0.1) is 17.8 Å². The van der Waals surface area contributed by atoms with Crippen LogP contribution in [0.2, 0.25) is 0 Å². The summed E-state index contributed by atoms with van der Waals surface area (Å²) in [6.45, 7) is 13.0. The van der Waals surface area contributed by atoms with Crippen LogP contribution in [0.1, 0.15) is 34.1 Å². The van der Waals surface area contributed by atoms with Crippen molar-refractivity contribution in [2.24, 2.45) is 17.8 Å². The van der Waals surface area contributed by atoms with Gasteiger partial charge >= 0.3 is 29.8 Å². The van der Waals surface area contributed by atoms with Crippen LogP contribution in [-0.4, -0.2) is 61.4 Å². The lowest BCUT2D eigenvalue weighted by Gasteiger charge is -2.29. The summed E-state index contributed by atoms with van der Waals surface area (Å²) in [5, 5.41) is 0.